The fourth-order valence-electron chi connectivity index (χ4n) is 0.831. The van der Waals surface area contributed by atoms with Gasteiger partial charge in [0.1, 0.15) is 0 Å². The second-order valence-corrected chi connectivity index (χ2v) is 1.99. The SMILES string of the molecule is NNc1nc2ncccc2o1. The number of nitrogen functional groups attached to an aromatic ring is 1. The third-order valence-electron chi connectivity index (χ3n) is 1.29. The van der Waals surface area contributed by atoms with Crippen LogP contribution in [0, 0.1) is 0 Å². The van der Waals surface area contributed by atoms with E-state index in [1.54, 1.807) is 18.3 Å². The summed E-state index contributed by atoms with van der Waals surface area (Å²) in [6.45, 7) is 0. The first-order valence-electron chi connectivity index (χ1n) is 3.08. The Bertz CT molecular complexity index is 336. The van der Waals surface area contributed by atoms with Crippen LogP contribution in [0.5, 0.6) is 0 Å². The summed E-state index contributed by atoms with van der Waals surface area (Å²) in [4.78, 5) is 7.87. The zero-order valence-corrected chi connectivity index (χ0v) is 5.61. The van der Waals surface area contributed by atoms with E-state index in [1.165, 1.54) is 0 Å². The molecule has 0 bridgehead atoms. The molecule has 0 aliphatic carbocycles. The Kier molecular flexibility index (Phi) is 1.23. The van der Waals surface area contributed by atoms with E-state index in [9.17, 15) is 0 Å². The van der Waals surface area contributed by atoms with Crippen LogP contribution in [0.1, 0.15) is 0 Å². The molecule has 0 radical (unpaired) electrons. The number of rotatable bonds is 1. The van der Waals surface area contributed by atoms with Gasteiger partial charge in [0.25, 0.3) is 0 Å². The number of hydrazine groups is 1. The van der Waals surface area contributed by atoms with Crippen molar-refractivity contribution in [3.8, 4) is 0 Å². The minimum atomic E-state index is 0.277. The number of fused-ring (bicyclic) bond motifs is 1. The molecule has 2 aromatic heterocycles. The van der Waals surface area contributed by atoms with Crippen LogP contribution in [0.3, 0.4) is 0 Å². The standard InChI is InChI=1S/C6H6N4O/c7-10-6-9-5-4(11-6)2-1-3-8-5/h1-3H,7H2,(H,8,9,10). The van der Waals surface area contributed by atoms with Crippen molar-refractivity contribution in [3.05, 3.63) is 18.3 Å². The molecule has 5 nitrogen and oxygen atoms in total. The molecule has 2 rings (SSSR count). The maximum Gasteiger partial charge on any atom is 0.311 e. The lowest BCUT2D eigenvalue weighted by atomic mass is 10.5. The molecule has 0 spiro atoms. The van der Waals surface area contributed by atoms with Crippen LogP contribution in [0.15, 0.2) is 22.7 Å². The Morgan fingerprint density at radius 2 is 2.45 bits per heavy atom. The molecule has 0 saturated heterocycles. The maximum absolute atomic E-state index is 5.11. The summed E-state index contributed by atoms with van der Waals surface area (Å²) in [7, 11) is 0. The molecule has 0 aromatic carbocycles. The maximum atomic E-state index is 5.11. The van der Waals surface area contributed by atoms with E-state index in [1.807, 2.05) is 0 Å². The minimum Gasteiger partial charge on any atom is -0.421 e. The number of hydrogen-bond donors (Lipinski definition) is 2. The molecule has 0 fully saturated rings. The van der Waals surface area contributed by atoms with E-state index in [0.29, 0.717) is 11.2 Å². The van der Waals surface area contributed by atoms with Crippen molar-refractivity contribution in [2.45, 2.75) is 0 Å². The number of aromatic nitrogens is 2. The van der Waals surface area contributed by atoms with E-state index in [0.717, 1.165) is 0 Å². The van der Waals surface area contributed by atoms with E-state index < -0.39 is 0 Å². The van der Waals surface area contributed by atoms with E-state index >= 15 is 0 Å². The largest absolute Gasteiger partial charge is 0.421 e. The summed E-state index contributed by atoms with van der Waals surface area (Å²) in [5.74, 6) is 5.08. The highest BCUT2D eigenvalue weighted by Gasteiger charge is 2.02. The van der Waals surface area contributed by atoms with Crippen LogP contribution in [0.4, 0.5) is 6.01 Å². The Morgan fingerprint density at radius 3 is 3.18 bits per heavy atom. The highest BCUT2D eigenvalue weighted by atomic mass is 16.4. The highest BCUT2D eigenvalue weighted by molar-refractivity contribution is 5.69. The third-order valence-corrected chi connectivity index (χ3v) is 1.29. The zero-order chi connectivity index (χ0) is 7.68. The Hall–Kier alpha value is -1.62. The number of oxazole rings is 1. The molecule has 0 aliphatic rings. The fraction of sp³-hybridized carbons (Fsp3) is 0. The molecular formula is C6H6N4O. The van der Waals surface area contributed by atoms with Crippen LogP contribution in [-0.4, -0.2) is 9.97 Å². The average molecular weight is 150 g/mol. The van der Waals surface area contributed by atoms with Crippen molar-refractivity contribution in [2.24, 2.45) is 5.84 Å². The summed E-state index contributed by atoms with van der Waals surface area (Å²) in [5.41, 5.74) is 3.48. The molecule has 0 unspecified atom stereocenters. The lowest BCUT2D eigenvalue weighted by Gasteiger charge is -1.84. The molecule has 11 heavy (non-hydrogen) atoms. The summed E-state index contributed by atoms with van der Waals surface area (Å²) in [6.07, 6.45) is 1.64. The summed E-state index contributed by atoms with van der Waals surface area (Å²) >= 11 is 0. The van der Waals surface area contributed by atoms with Gasteiger partial charge in [-0.3, -0.25) is 5.43 Å². The van der Waals surface area contributed by atoms with Crippen LogP contribution >= 0.6 is 0 Å². The molecule has 0 amide bonds. The van der Waals surface area contributed by atoms with E-state index in [2.05, 4.69) is 15.4 Å². The molecule has 56 valence electrons. The molecule has 2 heterocycles. The average Bonchev–Trinajstić information content (AvgIpc) is 2.46. The third kappa shape index (κ3) is 0.908. The molecule has 0 aliphatic heterocycles. The molecule has 0 atom stereocenters. The number of hydrogen-bond acceptors (Lipinski definition) is 5. The summed E-state index contributed by atoms with van der Waals surface area (Å²) < 4.78 is 5.11. The van der Waals surface area contributed by atoms with Crippen molar-refractivity contribution < 1.29 is 4.42 Å². The molecular weight excluding hydrogens is 144 g/mol. The van der Waals surface area contributed by atoms with Gasteiger partial charge in [0.2, 0.25) is 5.65 Å². The van der Waals surface area contributed by atoms with Crippen LogP contribution in [0.2, 0.25) is 0 Å². The summed E-state index contributed by atoms with van der Waals surface area (Å²) in [5, 5.41) is 0. The first-order valence-corrected chi connectivity index (χ1v) is 3.08. The van der Waals surface area contributed by atoms with Gasteiger partial charge in [-0.25, -0.2) is 10.8 Å². The van der Waals surface area contributed by atoms with Crippen molar-refractivity contribution in [2.75, 3.05) is 5.43 Å². The van der Waals surface area contributed by atoms with Gasteiger partial charge in [0.05, 0.1) is 0 Å². The first kappa shape index (κ1) is 6.11. The smallest absolute Gasteiger partial charge is 0.311 e. The number of nitrogens with zero attached hydrogens (tertiary/aromatic N) is 2. The molecule has 0 saturated carbocycles. The van der Waals surface area contributed by atoms with Crippen molar-refractivity contribution in [3.63, 3.8) is 0 Å². The lowest BCUT2D eigenvalue weighted by Crippen LogP contribution is -2.06. The molecule has 2 aromatic rings. The van der Waals surface area contributed by atoms with Gasteiger partial charge in [-0.15, -0.1) is 0 Å². The van der Waals surface area contributed by atoms with Crippen LogP contribution in [0.25, 0.3) is 11.2 Å². The number of anilines is 1. The van der Waals surface area contributed by atoms with E-state index in [-0.39, 0.29) is 6.01 Å². The molecule has 3 N–H and O–H groups in total. The van der Waals surface area contributed by atoms with Crippen molar-refractivity contribution >= 4 is 17.2 Å². The van der Waals surface area contributed by atoms with Gasteiger partial charge in [-0.1, -0.05) is 0 Å². The van der Waals surface area contributed by atoms with Gasteiger partial charge in [0.15, 0.2) is 5.58 Å². The van der Waals surface area contributed by atoms with Gasteiger partial charge >= 0.3 is 6.01 Å². The first-order chi connectivity index (χ1) is 5.40. The number of pyridine rings is 1. The van der Waals surface area contributed by atoms with Gasteiger partial charge < -0.3 is 4.42 Å². The van der Waals surface area contributed by atoms with Gasteiger partial charge in [-0.2, -0.15) is 4.98 Å². The zero-order valence-electron chi connectivity index (χ0n) is 5.61. The predicted octanol–water partition coefficient (Wildman–Crippen LogP) is 0.508. The van der Waals surface area contributed by atoms with Gasteiger partial charge in [0, 0.05) is 6.20 Å². The number of nitrogens with one attached hydrogen (secondary N) is 1. The number of nitrogens with two attached hydrogens (primary N) is 1. The minimum absolute atomic E-state index is 0.277. The van der Waals surface area contributed by atoms with Crippen LogP contribution < -0.4 is 11.3 Å². The van der Waals surface area contributed by atoms with Gasteiger partial charge in [-0.05, 0) is 12.1 Å². The monoisotopic (exact) mass is 150 g/mol. The van der Waals surface area contributed by atoms with Crippen molar-refractivity contribution in [1.82, 2.24) is 9.97 Å². The Morgan fingerprint density at radius 1 is 1.55 bits per heavy atom. The molecule has 5 heteroatoms. The van der Waals surface area contributed by atoms with Crippen LogP contribution in [-0.2, 0) is 0 Å². The highest BCUT2D eigenvalue weighted by Crippen LogP contribution is 2.14. The lowest BCUT2D eigenvalue weighted by molar-refractivity contribution is 0.616. The summed E-state index contributed by atoms with van der Waals surface area (Å²) in [6, 6.07) is 3.82. The normalized spacial score (nSPS) is 10.3. The quantitative estimate of drug-likeness (QED) is 0.457. The Balaban J connectivity index is 2.69. The predicted molar refractivity (Wildman–Crippen MR) is 39.6 cm³/mol. The topological polar surface area (TPSA) is 77.0 Å². The van der Waals surface area contributed by atoms with E-state index in [4.69, 9.17) is 10.3 Å². The second-order valence-electron chi connectivity index (χ2n) is 1.99. The second kappa shape index (κ2) is 2.21. The van der Waals surface area contributed by atoms with Crippen molar-refractivity contribution in [1.29, 1.82) is 0 Å². The Labute approximate surface area is 62.2 Å². The fourth-order valence-corrected chi connectivity index (χ4v) is 0.831.